The molecule has 1 aliphatic rings. The summed E-state index contributed by atoms with van der Waals surface area (Å²) in [7, 11) is 0. The minimum absolute atomic E-state index is 0.193. The van der Waals surface area contributed by atoms with E-state index in [4.69, 9.17) is 9.47 Å². The first-order valence-corrected chi connectivity index (χ1v) is 9.69. The molecule has 1 N–H and O–H groups in total. The molecule has 0 fully saturated rings. The average Bonchev–Trinajstić information content (AvgIpc) is 2.78. The van der Waals surface area contributed by atoms with Crippen LogP contribution in [0.1, 0.15) is 22.8 Å². The van der Waals surface area contributed by atoms with Crippen molar-refractivity contribution in [2.75, 3.05) is 30.0 Å². The number of aromatic nitrogens is 1. The fourth-order valence-corrected chi connectivity index (χ4v) is 3.22. The lowest BCUT2D eigenvalue weighted by Gasteiger charge is -2.22. The molecular formula is C23H23N3O3. The highest BCUT2D eigenvalue weighted by molar-refractivity contribution is 6.04. The van der Waals surface area contributed by atoms with Gasteiger partial charge in [0.1, 0.15) is 19.0 Å². The number of carbonyl (C=O) groups is 1. The van der Waals surface area contributed by atoms with E-state index in [-0.39, 0.29) is 5.91 Å². The molecule has 0 saturated heterocycles. The number of nitrogens with zero attached hydrogens (tertiary/aromatic N) is 2. The first kappa shape index (κ1) is 18.8. The monoisotopic (exact) mass is 389 g/mol. The largest absolute Gasteiger partial charge is 0.486 e. The molecule has 6 nitrogen and oxygen atoms in total. The summed E-state index contributed by atoms with van der Waals surface area (Å²) in [6, 6.07) is 19.1. The molecular weight excluding hydrogens is 366 g/mol. The fourth-order valence-electron chi connectivity index (χ4n) is 3.22. The normalized spacial score (nSPS) is 12.3. The molecule has 29 heavy (non-hydrogen) atoms. The number of anilines is 2. The van der Waals surface area contributed by atoms with E-state index < -0.39 is 0 Å². The smallest absolute Gasteiger partial charge is 0.255 e. The van der Waals surface area contributed by atoms with Crippen LogP contribution in [0, 0.1) is 0 Å². The maximum absolute atomic E-state index is 12.8. The minimum Gasteiger partial charge on any atom is -0.486 e. The van der Waals surface area contributed by atoms with Crippen molar-refractivity contribution in [3.63, 3.8) is 0 Å². The second kappa shape index (κ2) is 8.65. The number of fused-ring (bicyclic) bond motifs is 1. The van der Waals surface area contributed by atoms with Crippen molar-refractivity contribution in [1.82, 2.24) is 4.98 Å². The number of nitrogens with one attached hydrogen (secondary N) is 1. The highest BCUT2D eigenvalue weighted by atomic mass is 16.6. The van der Waals surface area contributed by atoms with Crippen molar-refractivity contribution in [2.24, 2.45) is 0 Å². The standard InChI is InChI=1S/C23H23N3O3/c1-2-26(16-17-6-4-3-5-7-17)22-14-18(10-11-24-22)23(27)25-19-8-9-20-21(15-19)29-13-12-28-20/h3-11,14-15H,2,12-13,16H2,1H3,(H,25,27). The zero-order valence-corrected chi connectivity index (χ0v) is 16.3. The Hall–Kier alpha value is -3.54. The van der Waals surface area contributed by atoms with Crippen molar-refractivity contribution in [3.8, 4) is 11.5 Å². The third-order valence-electron chi connectivity index (χ3n) is 4.73. The maximum Gasteiger partial charge on any atom is 0.255 e. The van der Waals surface area contributed by atoms with E-state index in [9.17, 15) is 4.79 Å². The van der Waals surface area contributed by atoms with Crippen molar-refractivity contribution in [1.29, 1.82) is 0 Å². The predicted octanol–water partition coefficient (Wildman–Crippen LogP) is 4.13. The molecule has 1 aliphatic heterocycles. The summed E-state index contributed by atoms with van der Waals surface area (Å²) >= 11 is 0. The zero-order valence-electron chi connectivity index (χ0n) is 16.3. The van der Waals surface area contributed by atoms with Crippen LogP contribution >= 0.6 is 0 Å². The summed E-state index contributed by atoms with van der Waals surface area (Å²) in [6.45, 7) is 4.64. The zero-order chi connectivity index (χ0) is 20.1. The number of ether oxygens (including phenoxy) is 2. The molecule has 3 aromatic rings. The van der Waals surface area contributed by atoms with Crippen LogP contribution in [0.5, 0.6) is 11.5 Å². The first-order valence-electron chi connectivity index (χ1n) is 9.69. The Morgan fingerprint density at radius 3 is 2.62 bits per heavy atom. The Kier molecular flexibility index (Phi) is 5.61. The minimum atomic E-state index is -0.193. The van der Waals surface area contributed by atoms with Crippen molar-refractivity contribution < 1.29 is 14.3 Å². The van der Waals surface area contributed by atoms with Crippen molar-refractivity contribution in [3.05, 3.63) is 78.0 Å². The third kappa shape index (κ3) is 4.48. The van der Waals surface area contributed by atoms with E-state index in [0.717, 1.165) is 18.9 Å². The maximum atomic E-state index is 12.8. The van der Waals surface area contributed by atoms with Crippen molar-refractivity contribution in [2.45, 2.75) is 13.5 Å². The van der Waals surface area contributed by atoms with Gasteiger partial charge in [-0.3, -0.25) is 4.79 Å². The number of benzene rings is 2. The molecule has 0 atom stereocenters. The van der Waals surface area contributed by atoms with Gasteiger partial charge in [0.2, 0.25) is 0 Å². The Morgan fingerprint density at radius 1 is 1.03 bits per heavy atom. The van der Waals surface area contributed by atoms with Gasteiger partial charge in [-0.05, 0) is 36.8 Å². The Bertz CT molecular complexity index is 992. The number of pyridine rings is 1. The van der Waals surface area contributed by atoms with Gasteiger partial charge in [-0.1, -0.05) is 30.3 Å². The van der Waals surface area contributed by atoms with E-state index >= 15 is 0 Å². The summed E-state index contributed by atoms with van der Waals surface area (Å²) in [4.78, 5) is 19.4. The molecule has 0 aliphatic carbocycles. The van der Waals surface area contributed by atoms with Gasteiger partial charge in [0.15, 0.2) is 11.5 Å². The highest BCUT2D eigenvalue weighted by Crippen LogP contribution is 2.32. The van der Waals surface area contributed by atoms with E-state index in [1.165, 1.54) is 5.56 Å². The van der Waals surface area contributed by atoms with Gasteiger partial charge in [0.25, 0.3) is 5.91 Å². The molecule has 0 bridgehead atoms. The molecule has 148 valence electrons. The van der Waals surface area contributed by atoms with Crippen LogP contribution in [0.2, 0.25) is 0 Å². The molecule has 0 spiro atoms. The average molecular weight is 389 g/mol. The summed E-state index contributed by atoms with van der Waals surface area (Å²) < 4.78 is 11.1. The van der Waals surface area contributed by atoms with Gasteiger partial charge in [0, 0.05) is 36.6 Å². The van der Waals surface area contributed by atoms with Crippen LogP contribution < -0.4 is 19.7 Å². The van der Waals surface area contributed by atoms with Gasteiger partial charge in [-0.25, -0.2) is 4.98 Å². The van der Waals surface area contributed by atoms with Gasteiger partial charge < -0.3 is 19.7 Å². The Morgan fingerprint density at radius 2 is 1.83 bits per heavy atom. The molecule has 0 unspecified atom stereocenters. The summed E-state index contributed by atoms with van der Waals surface area (Å²) in [5.41, 5.74) is 2.41. The summed E-state index contributed by atoms with van der Waals surface area (Å²) in [6.07, 6.45) is 1.67. The third-order valence-corrected chi connectivity index (χ3v) is 4.73. The molecule has 1 amide bonds. The topological polar surface area (TPSA) is 63.7 Å². The second-order valence-electron chi connectivity index (χ2n) is 6.72. The van der Waals surface area contributed by atoms with Crippen LogP contribution in [0.4, 0.5) is 11.5 Å². The van der Waals surface area contributed by atoms with Gasteiger partial charge in [-0.15, -0.1) is 0 Å². The number of carbonyl (C=O) groups excluding carboxylic acids is 1. The second-order valence-corrected chi connectivity index (χ2v) is 6.72. The molecule has 0 saturated carbocycles. The highest BCUT2D eigenvalue weighted by Gasteiger charge is 2.15. The number of hydrogen-bond acceptors (Lipinski definition) is 5. The molecule has 2 aromatic carbocycles. The fraction of sp³-hybridized carbons (Fsp3) is 0.217. The van der Waals surface area contributed by atoms with Crippen LogP contribution in [-0.4, -0.2) is 30.6 Å². The summed E-state index contributed by atoms with van der Waals surface area (Å²) in [5, 5.41) is 2.92. The summed E-state index contributed by atoms with van der Waals surface area (Å²) in [5.74, 6) is 1.91. The Balaban J connectivity index is 1.49. The van der Waals surface area contributed by atoms with E-state index in [0.29, 0.717) is 36.0 Å². The first-order chi connectivity index (χ1) is 14.2. The van der Waals surface area contributed by atoms with Crippen LogP contribution in [0.3, 0.4) is 0 Å². The van der Waals surface area contributed by atoms with Gasteiger partial charge in [-0.2, -0.15) is 0 Å². The van der Waals surface area contributed by atoms with E-state index in [1.54, 1.807) is 30.5 Å². The van der Waals surface area contributed by atoms with Crippen LogP contribution in [0.15, 0.2) is 66.9 Å². The van der Waals surface area contributed by atoms with Crippen LogP contribution in [-0.2, 0) is 6.54 Å². The molecule has 6 heteroatoms. The molecule has 1 aromatic heterocycles. The van der Waals surface area contributed by atoms with Gasteiger partial charge in [0.05, 0.1) is 0 Å². The number of amides is 1. The quantitative estimate of drug-likeness (QED) is 0.687. The lowest BCUT2D eigenvalue weighted by Crippen LogP contribution is -2.23. The molecule has 4 rings (SSSR count). The lowest BCUT2D eigenvalue weighted by molar-refractivity contribution is 0.102. The predicted molar refractivity (Wildman–Crippen MR) is 113 cm³/mol. The number of rotatable bonds is 6. The van der Waals surface area contributed by atoms with Crippen LogP contribution in [0.25, 0.3) is 0 Å². The molecule has 0 radical (unpaired) electrons. The molecule has 2 heterocycles. The Labute approximate surface area is 170 Å². The van der Waals surface area contributed by atoms with Gasteiger partial charge >= 0.3 is 0 Å². The van der Waals surface area contributed by atoms with Crippen molar-refractivity contribution >= 4 is 17.4 Å². The van der Waals surface area contributed by atoms with E-state index in [2.05, 4.69) is 34.3 Å². The van der Waals surface area contributed by atoms with E-state index in [1.807, 2.05) is 24.3 Å². The number of hydrogen-bond donors (Lipinski definition) is 1. The lowest BCUT2D eigenvalue weighted by atomic mass is 10.2. The SMILES string of the molecule is CCN(Cc1ccccc1)c1cc(C(=O)Nc2ccc3c(c2)OCCO3)ccn1.